The highest BCUT2D eigenvalue weighted by atomic mass is 16.5. The van der Waals surface area contributed by atoms with E-state index in [0.29, 0.717) is 18.7 Å². The van der Waals surface area contributed by atoms with Gasteiger partial charge in [-0.05, 0) is 45.0 Å². The lowest BCUT2D eigenvalue weighted by molar-refractivity contribution is -0.131. The number of nitrogens with zero attached hydrogens (tertiary/aromatic N) is 1. The molecule has 0 aliphatic carbocycles. The van der Waals surface area contributed by atoms with Gasteiger partial charge < -0.3 is 20.3 Å². The monoisotopic (exact) mass is 305 g/mol. The third kappa shape index (κ3) is 3.90. The Kier molecular flexibility index (Phi) is 4.59. The molecule has 6 nitrogen and oxygen atoms in total. The average Bonchev–Trinajstić information content (AvgIpc) is 2.80. The fraction of sp³-hybridized carbons (Fsp3) is 0.500. The zero-order chi connectivity index (χ0) is 16.3. The van der Waals surface area contributed by atoms with Crippen LogP contribution in [0.25, 0.3) is 0 Å². The Bertz CT molecular complexity index is 549. The minimum absolute atomic E-state index is 0.0715. The third-order valence-corrected chi connectivity index (χ3v) is 3.62. The van der Waals surface area contributed by atoms with Crippen molar-refractivity contribution < 1.29 is 14.3 Å². The van der Waals surface area contributed by atoms with Crippen LogP contribution >= 0.6 is 0 Å². The first kappa shape index (κ1) is 16.1. The number of urea groups is 1. The van der Waals surface area contributed by atoms with Gasteiger partial charge in [0.1, 0.15) is 5.75 Å². The Balaban J connectivity index is 1.88. The van der Waals surface area contributed by atoms with Crippen LogP contribution in [0.2, 0.25) is 0 Å². The van der Waals surface area contributed by atoms with Crippen molar-refractivity contribution in [3.63, 3.8) is 0 Å². The Labute approximate surface area is 130 Å². The molecule has 6 heteroatoms. The van der Waals surface area contributed by atoms with Crippen molar-refractivity contribution in [1.82, 2.24) is 10.2 Å². The summed E-state index contributed by atoms with van der Waals surface area (Å²) in [6.45, 7) is 6.51. The van der Waals surface area contributed by atoms with Gasteiger partial charge in [-0.1, -0.05) is 0 Å². The molecule has 1 unspecified atom stereocenters. The molecule has 0 spiro atoms. The van der Waals surface area contributed by atoms with Crippen molar-refractivity contribution in [3.05, 3.63) is 24.3 Å². The predicted molar refractivity (Wildman–Crippen MR) is 85.0 cm³/mol. The first-order valence-electron chi connectivity index (χ1n) is 7.31. The van der Waals surface area contributed by atoms with E-state index in [0.717, 1.165) is 5.75 Å². The number of benzene rings is 1. The standard InChI is InChI=1S/C16H23N3O3/c1-16(2,3)19-10-12(9-14(19)20)18-15(21)17-11-5-7-13(22-4)8-6-11/h5-8,12H,9-10H2,1-4H3,(H2,17,18,21). The molecule has 22 heavy (non-hydrogen) atoms. The minimum Gasteiger partial charge on any atom is -0.497 e. The first-order valence-corrected chi connectivity index (χ1v) is 7.31. The van der Waals surface area contributed by atoms with Crippen LogP contribution in [0, 0.1) is 0 Å². The highest BCUT2D eigenvalue weighted by Crippen LogP contribution is 2.22. The number of methoxy groups -OCH3 is 1. The maximum atomic E-state index is 12.0. The number of amides is 3. The Morgan fingerprint density at radius 2 is 1.91 bits per heavy atom. The molecule has 1 aromatic rings. The molecule has 0 saturated carbocycles. The molecule has 1 aliphatic heterocycles. The Morgan fingerprint density at radius 3 is 2.41 bits per heavy atom. The smallest absolute Gasteiger partial charge is 0.319 e. The van der Waals surface area contributed by atoms with Crippen molar-refractivity contribution in [3.8, 4) is 5.75 Å². The van der Waals surface area contributed by atoms with Gasteiger partial charge in [-0.3, -0.25) is 4.79 Å². The van der Waals surface area contributed by atoms with E-state index in [2.05, 4.69) is 10.6 Å². The molecule has 120 valence electrons. The van der Waals surface area contributed by atoms with Gasteiger partial charge in [-0.25, -0.2) is 4.79 Å². The van der Waals surface area contributed by atoms with Gasteiger partial charge in [0.05, 0.1) is 13.2 Å². The van der Waals surface area contributed by atoms with E-state index in [9.17, 15) is 9.59 Å². The second-order valence-corrected chi connectivity index (χ2v) is 6.40. The van der Waals surface area contributed by atoms with Gasteiger partial charge in [-0.2, -0.15) is 0 Å². The van der Waals surface area contributed by atoms with E-state index in [4.69, 9.17) is 4.74 Å². The summed E-state index contributed by atoms with van der Waals surface area (Å²) in [7, 11) is 1.59. The number of hydrogen-bond acceptors (Lipinski definition) is 3. The molecule has 1 aromatic carbocycles. The fourth-order valence-electron chi connectivity index (χ4n) is 2.48. The second-order valence-electron chi connectivity index (χ2n) is 6.40. The van der Waals surface area contributed by atoms with Crippen molar-refractivity contribution >= 4 is 17.6 Å². The number of hydrogen-bond donors (Lipinski definition) is 2. The number of carbonyl (C=O) groups is 2. The lowest BCUT2D eigenvalue weighted by Crippen LogP contribution is -2.45. The third-order valence-electron chi connectivity index (χ3n) is 3.62. The van der Waals surface area contributed by atoms with Gasteiger partial charge >= 0.3 is 6.03 Å². The van der Waals surface area contributed by atoms with Gasteiger partial charge in [0.15, 0.2) is 0 Å². The highest BCUT2D eigenvalue weighted by Gasteiger charge is 2.36. The van der Waals surface area contributed by atoms with Gasteiger partial charge in [0.25, 0.3) is 0 Å². The van der Waals surface area contributed by atoms with E-state index in [-0.39, 0.29) is 23.5 Å². The van der Waals surface area contributed by atoms with Crippen LogP contribution in [0.15, 0.2) is 24.3 Å². The summed E-state index contributed by atoms with van der Waals surface area (Å²) in [5.41, 5.74) is 0.454. The average molecular weight is 305 g/mol. The Morgan fingerprint density at radius 1 is 1.27 bits per heavy atom. The molecule has 1 atom stereocenters. The largest absolute Gasteiger partial charge is 0.497 e. The maximum absolute atomic E-state index is 12.0. The van der Waals surface area contributed by atoms with Crippen LogP contribution in [0.3, 0.4) is 0 Å². The van der Waals surface area contributed by atoms with Crippen molar-refractivity contribution in [2.75, 3.05) is 19.0 Å². The van der Waals surface area contributed by atoms with E-state index in [1.165, 1.54) is 0 Å². The van der Waals surface area contributed by atoms with Crippen LogP contribution in [-0.2, 0) is 4.79 Å². The normalized spacial score (nSPS) is 18.3. The van der Waals surface area contributed by atoms with Crippen molar-refractivity contribution in [2.45, 2.75) is 38.8 Å². The Hall–Kier alpha value is -2.24. The molecule has 3 amide bonds. The number of carbonyl (C=O) groups excluding carboxylic acids is 2. The number of anilines is 1. The van der Waals surface area contributed by atoms with Crippen LogP contribution in [-0.4, -0.2) is 42.1 Å². The number of likely N-dealkylation sites (tertiary alicyclic amines) is 1. The molecule has 0 radical (unpaired) electrons. The van der Waals surface area contributed by atoms with Crippen molar-refractivity contribution in [1.29, 1.82) is 0 Å². The van der Waals surface area contributed by atoms with Gasteiger partial charge in [0.2, 0.25) is 5.91 Å². The van der Waals surface area contributed by atoms with Crippen molar-refractivity contribution in [2.24, 2.45) is 0 Å². The molecular weight excluding hydrogens is 282 g/mol. The summed E-state index contributed by atoms with van der Waals surface area (Å²) in [6.07, 6.45) is 0.341. The molecule has 1 saturated heterocycles. The molecule has 1 aliphatic rings. The topological polar surface area (TPSA) is 70.7 Å². The van der Waals surface area contributed by atoms with E-state index >= 15 is 0 Å². The fourth-order valence-corrected chi connectivity index (χ4v) is 2.48. The molecule has 1 heterocycles. The summed E-state index contributed by atoms with van der Waals surface area (Å²) in [4.78, 5) is 25.8. The summed E-state index contributed by atoms with van der Waals surface area (Å²) in [5.74, 6) is 0.801. The maximum Gasteiger partial charge on any atom is 0.319 e. The van der Waals surface area contributed by atoms with Crippen LogP contribution in [0.1, 0.15) is 27.2 Å². The number of rotatable bonds is 3. The molecule has 0 aromatic heterocycles. The summed E-state index contributed by atoms with van der Waals surface area (Å²) in [6, 6.07) is 6.61. The van der Waals surface area contributed by atoms with Gasteiger partial charge in [-0.15, -0.1) is 0 Å². The lowest BCUT2D eigenvalue weighted by Gasteiger charge is -2.32. The summed E-state index contributed by atoms with van der Waals surface area (Å²) >= 11 is 0. The van der Waals surface area contributed by atoms with E-state index < -0.39 is 0 Å². The number of ether oxygens (including phenoxy) is 1. The first-order chi connectivity index (χ1) is 10.3. The van der Waals surface area contributed by atoms with E-state index in [1.54, 1.807) is 36.3 Å². The lowest BCUT2D eigenvalue weighted by atomic mass is 10.1. The predicted octanol–water partition coefficient (Wildman–Crippen LogP) is 2.22. The second kappa shape index (κ2) is 6.25. The molecule has 1 fully saturated rings. The number of nitrogens with one attached hydrogen (secondary N) is 2. The molecule has 2 rings (SSSR count). The SMILES string of the molecule is COc1ccc(NC(=O)NC2CC(=O)N(C(C)(C)C)C2)cc1. The summed E-state index contributed by atoms with van der Waals surface area (Å²) < 4.78 is 5.07. The minimum atomic E-state index is -0.307. The zero-order valence-corrected chi connectivity index (χ0v) is 13.5. The highest BCUT2D eigenvalue weighted by molar-refractivity contribution is 5.90. The van der Waals surface area contributed by atoms with Crippen LogP contribution in [0.4, 0.5) is 10.5 Å². The van der Waals surface area contributed by atoms with E-state index in [1.807, 2.05) is 20.8 Å². The zero-order valence-electron chi connectivity index (χ0n) is 13.5. The molecule has 2 N–H and O–H groups in total. The van der Waals surface area contributed by atoms with Crippen LogP contribution in [0.5, 0.6) is 5.75 Å². The molecular formula is C16H23N3O3. The van der Waals surface area contributed by atoms with Crippen LogP contribution < -0.4 is 15.4 Å². The molecule has 0 bridgehead atoms. The summed E-state index contributed by atoms with van der Waals surface area (Å²) in [5, 5.41) is 5.60. The quantitative estimate of drug-likeness (QED) is 0.899. The van der Waals surface area contributed by atoms with Gasteiger partial charge in [0, 0.05) is 24.2 Å².